The molecule has 0 amide bonds. The number of nitrogens with zero attached hydrogens (tertiary/aromatic N) is 3. The van der Waals surface area contributed by atoms with Gasteiger partial charge in [-0.05, 0) is 23.6 Å². The molecule has 0 aliphatic carbocycles. The number of phenolic OH excluding ortho intramolecular Hbond substituents is 1. The van der Waals surface area contributed by atoms with Crippen LogP contribution in [0.5, 0.6) is 5.75 Å². The van der Waals surface area contributed by atoms with E-state index in [-0.39, 0.29) is 47.0 Å². The molecule has 0 aliphatic rings. The maximum Gasteiger partial charge on any atom is 0.270 e. The molecule has 1 radical (unpaired) electrons. The van der Waals surface area contributed by atoms with Crippen molar-refractivity contribution in [2.24, 2.45) is 0 Å². The van der Waals surface area contributed by atoms with E-state index < -0.39 is 16.5 Å². The molecule has 6 nitrogen and oxygen atoms in total. The Morgan fingerprint density at radius 3 is 2.52 bits per heavy atom. The van der Waals surface area contributed by atoms with Crippen molar-refractivity contribution in [2.45, 2.75) is 13.8 Å². The van der Waals surface area contributed by atoms with Gasteiger partial charge < -0.3 is 15.3 Å². The molecule has 1 aromatic heterocycles. The van der Waals surface area contributed by atoms with Gasteiger partial charge >= 0.3 is 0 Å². The summed E-state index contributed by atoms with van der Waals surface area (Å²) in [4.78, 5) is 10.3. The van der Waals surface area contributed by atoms with E-state index in [1.807, 2.05) is 13.8 Å². The molecule has 3 rings (SSSR count). The first-order valence-electron chi connectivity index (χ1n) is 6.62. The van der Waals surface area contributed by atoms with E-state index >= 15 is 0 Å². The molecule has 117 valence electrons. The van der Waals surface area contributed by atoms with Crippen LogP contribution in [-0.2, 0) is 0 Å². The zero-order chi connectivity index (χ0) is 16.3. The second-order valence-corrected chi connectivity index (χ2v) is 4.17. The Morgan fingerprint density at radius 2 is 1.91 bits per heavy atom. The molecule has 8 heteroatoms. The molecule has 2 aromatic carbocycles. The number of phenols is 1. The Bertz CT molecular complexity index is 836. The number of hydrogen-bond donors (Lipinski definition) is 1. The Labute approximate surface area is 164 Å². The largest absolute Gasteiger partial charge is 0.574 e. The third-order valence-corrected chi connectivity index (χ3v) is 2.92. The predicted octanol–water partition coefficient (Wildman–Crippen LogP) is 3.64. The van der Waals surface area contributed by atoms with Gasteiger partial charge in [-0.2, -0.15) is 0 Å². The second kappa shape index (κ2) is 8.31. The van der Waals surface area contributed by atoms with Gasteiger partial charge in [0.25, 0.3) is 5.69 Å². The van der Waals surface area contributed by atoms with Gasteiger partial charge in [0.1, 0.15) is 0 Å². The van der Waals surface area contributed by atoms with Gasteiger partial charge in [-0.3, -0.25) is 10.1 Å². The van der Waals surface area contributed by atoms with Crippen LogP contribution in [0, 0.1) is 57.2 Å². The number of aromatic nitrogens is 2. The van der Waals surface area contributed by atoms with Crippen molar-refractivity contribution in [3.05, 3.63) is 52.3 Å². The van der Waals surface area contributed by atoms with Crippen LogP contribution in [0.2, 0.25) is 0 Å². The molecule has 23 heavy (non-hydrogen) atoms. The fourth-order valence-corrected chi connectivity index (χ4v) is 1.95. The molecule has 0 aliphatic heterocycles. The first kappa shape index (κ1) is 19.5. The summed E-state index contributed by atoms with van der Waals surface area (Å²) < 4.78 is 13.0. The molecule has 0 saturated carbocycles. The number of benzene rings is 2. The number of rotatable bonds is 2. The fourth-order valence-electron chi connectivity index (χ4n) is 1.95. The summed E-state index contributed by atoms with van der Waals surface area (Å²) in [6.07, 6.45) is 0. The third kappa shape index (κ3) is 4.03. The molecule has 0 atom stereocenters. The Hall–Kier alpha value is -1.60. The van der Waals surface area contributed by atoms with Crippen LogP contribution in [-0.4, -0.2) is 15.1 Å². The Kier molecular flexibility index (Phi) is 7.03. The van der Waals surface area contributed by atoms with Crippen molar-refractivity contribution in [2.75, 3.05) is 0 Å². The van der Waals surface area contributed by atoms with Gasteiger partial charge in [-0.25, -0.2) is 4.39 Å². The monoisotopic (exact) mass is 443 g/mol. The molecule has 0 unspecified atom stereocenters. The van der Waals surface area contributed by atoms with Gasteiger partial charge in [0.05, 0.1) is 10.6 Å². The summed E-state index contributed by atoms with van der Waals surface area (Å²) in [5.41, 5.74) is 1.21. The summed E-state index contributed by atoms with van der Waals surface area (Å²) in [5.74, 6) is -1.26. The zero-order valence-corrected chi connectivity index (χ0v) is 16.2. The Balaban J connectivity index is 0.000000849. The van der Waals surface area contributed by atoms with E-state index in [0.717, 1.165) is 6.07 Å². The minimum Gasteiger partial charge on any atom is -0.574 e. The van der Waals surface area contributed by atoms with E-state index in [0.29, 0.717) is 22.2 Å². The number of non-ortho nitro benzene ring substituents is 1. The predicted molar refractivity (Wildman–Crippen MR) is 80.1 cm³/mol. The van der Waals surface area contributed by atoms with Crippen molar-refractivity contribution >= 4 is 16.6 Å². The van der Waals surface area contributed by atoms with Crippen molar-refractivity contribution in [1.82, 2.24) is 10.2 Å². The molecular formula is C15H13FN3O3Pr-. The van der Waals surface area contributed by atoms with Gasteiger partial charge in [0, 0.05) is 59.0 Å². The van der Waals surface area contributed by atoms with E-state index in [4.69, 9.17) is 0 Å². The summed E-state index contributed by atoms with van der Waals surface area (Å²) in [7, 11) is 0. The van der Waals surface area contributed by atoms with Gasteiger partial charge in [0.15, 0.2) is 11.6 Å². The number of nitro groups is 1. The quantitative estimate of drug-likeness (QED) is 0.483. The maximum atomic E-state index is 13.0. The fraction of sp³-hybridized carbons (Fsp3) is 0.133. The minimum atomic E-state index is -0.747. The van der Waals surface area contributed by atoms with E-state index in [1.54, 1.807) is 0 Å². The van der Waals surface area contributed by atoms with Crippen molar-refractivity contribution in [1.29, 1.82) is 0 Å². The van der Waals surface area contributed by atoms with Crippen LogP contribution in [0.25, 0.3) is 22.2 Å². The summed E-state index contributed by atoms with van der Waals surface area (Å²) in [6.45, 7) is 4.00. The number of hydrogen-bond acceptors (Lipinski definition) is 4. The van der Waals surface area contributed by atoms with Gasteiger partial charge in [-0.15, -0.1) is 5.52 Å². The van der Waals surface area contributed by atoms with E-state index in [2.05, 4.69) is 10.2 Å². The van der Waals surface area contributed by atoms with Crippen LogP contribution in [0.15, 0.2) is 36.4 Å². The molecule has 0 saturated heterocycles. The first-order valence-corrected chi connectivity index (χ1v) is 6.62. The second-order valence-electron chi connectivity index (χ2n) is 4.17. The SMILES string of the molecule is CC.O=[N+]([O-])c1ccc2[n-]nc(-c3ccc(F)c(O)c3)c2c1.[Pr]. The molecule has 1 heterocycles. The van der Waals surface area contributed by atoms with Crippen LogP contribution >= 0.6 is 0 Å². The summed E-state index contributed by atoms with van der Waals surface area (Å²) in [6, 6.07) is 7.92. The normalized spacial score (nSPS) is 9.70. The number of nitro benzene ring substituents is 1. The topological polar surface area (TPSA) is 90.4 Å². The van der Waals surface area contributed by atoms with Crippen LogP contribution in [0.3, 0.4) is 0 Å². The molecule has 0 bridgehead atoms. The summed E-state index contributed by atoms with van der Waals surface area (Å²) >= 11 is 0. The van der Waals surface area contributed by atoms with Crippen LogP contribution < -0.4 is 5.10 Å². The van der Waals surface area contributed by atoms with E-state index in [9.17, 15) is 19.6 Å². The van der Waals surface area contributed by atoms with Gasteiger partial charge in [-0.1, -0.05) is 19.9 Å². The average molecular weight is 443 g/mol. The molecule has 0 fully saturated rings. The van der Waals surface area contributed by atoms with Crippen molar-refractivity contribution in [3.63, 3.8) is 0 Å². The van der Waals surface area contributed by atoms with Crippen LogP contribution in [0.1, 0.15) is 13.8 Å². The number of aromatic hydroxyl groups is 1. The molecule has 3 aromatic rings. The standard InChI is InChI=1S/C13H7FN3O3.C2H6.Pr/c14-10-3-1-7(5-12(10)18)13-9-6-8(17(19)20)2-4-11(9)15-16-13;1-2;/h1-6H,(H-,15,16,18);1-2H3;/q-1;;. The van der Waals surface area contributed by atoms with Crippen LogP contribution in [0.4, 0.5) is 10.1 Å². The van der Waals surface area contributed by atoms with Crippen molar-refractivity contribution in [3.8, 4) is 17.0 Å². The van der Waals surface area contributed by atoms with Crippen molar-refractivity contribution < 1.29 is 55.7 Å². The first-order chi connectivity index (χ1) is 10.6. The maximum absolute atomic E-state index is 13.0. The molecule has 1 N–H and O–H groups in total. The van der Waals surface area contributed by atoms with E-state index in [1.165, 1.54) is 30.3 Å². The average Bonchev–Trinajstić information content (AvgIpc) is 2.95. The number of halogens is 1. The Morgan fingerprint density at radius 1 is 1.22 bits per heavy atom. The molecular weight excluding hydrogens is 430 g/mol. The smallest absolute Gasteiger partial charge is 0.270 e. The zero-order valence-electron chi connectivity index (χ0n) is 12.5. The third-order valence-electron chi connectivity index (χ3n) is 2.92. The van der Waals surface area contributed by atoms with Gasteiger partial charge in [0.2, 0.25) is 0 Å². The number of fused-ring (bicyclic) bond motifs is 1. The minimum absolute atomic E-state index is 0. The summed E-state index contributed by atoms with van der Waals surface area (Å²) in [5, 5.41) is 28.5. The molecule has 0 spiro atoms.